The molecule has 1 saturated heterocycles. The molecule has 1 amide bonds. The van der Waals surface area contributed by atoms with Crippen LogP contribution in [0.15, 0.2) is 0 Å². The smallest absolute Gasteiger partial charge is 0.222 e. The zero-order valence-electron chi connectivity index (χ0n) is 11.5. The molecule has 1 heterocycles. The average Bonchev–Trinajstić information content (AvgIpc) is 2.29. The molecule has 1 aliphatic heterocycles. The van der Waals surface area contributed by atoms with Crippen molar-refractivity contribution in [3.05, 3.63) is 0 Å². The molecule has 2 atom stereocenters. The molecule has 0 aromatic rings. The second kappa shape index (κ2) is 5.88. The molecular formula is C15H27NO. The minimum Gasteiger partial charge on any atom is -0.342 e. The number of hydrogen-bond donors (Lipinski definition) is 0. The number of nitrogens with zero attached hydrogens (tertiary/aromatic N) is 1. The van der Waals surface area contributed by atoms with Crippen LogP contribution in [0.3, 0.4) is 0 Å². The quantitative estimate of drug-likeness (QED) is 0.720. The number of likely N-dealkylation sites (tertiary alicyclic amines) is 1. The monoisotopic (exact) mass is 237 g/mol. The van der Waals surface area contributed by atoms with Crippen molar-refractivity contribution in [3.8, 4) is 0 Å². The van der Waals surface area contributed by atoms with Crippen molar-refractivity contribution in [3.63, 3.8) is 0 Å². The van der Waals surface area contributed by atoms with Gasteiger partial charge >= 0.3 is 0 Å². The van der Waals surface area contributed by atoms with Crippen LogP contribution in [-0.4, -0.2) is 23.9 Å². The van der Waals surface area contributed by atoms with E-state index in [0.717, 1.165) is 19.5 Å². The molecule has 2 unspecified atom stereocenters. The fourth-order valence-electron chi connectivity index (χ4n) is 3.63. The summed E-state index contributed by atoms with van der Waals surface area (Å²) < 4.78 is 0. The van der Waals surface area contributed by atoms with Crippen LogP contribution >= 0.6 is 0 Å². The first-order valence-electron chi connectivity index (χ1n) is 7.43. The Morgan fingerprint density at radius 2 is 1.65 bits per heavy atom. The van der Waals surface area contributed by atoms with E-state index in [4.69, 9.17) is 0 Å². The number of rotatable bonds is 2. The molecule has 0 spiro atoms. The summed E-state index contributed by atoms with van der Waals surface area (Å²) in [6.07, 6.45) is 8.72. The molecule has 0 aromatic heterocycles. The van der Waals surface area contributed by atoms with Crippen LogP contribution < -0.4 is 0 Å². The average molecular weight is 237 g/mol. The van der Waals surface area contributed by atoms with Gasteiger partial charge in [0.1, 0.15) is 0 Å². The van der Waals surface area contributed by atoms with Crippen molar-refractivity contribution in [1.82, 2.24) is 4.90 Å². The van der Waals surface area contributed by atoms with Crippen molar-refractivity contribution >= 4 is 5.91 Å². The maximum atomic E-state index is 12.3. The number of carbonyl (C=O) groups excluding carboxylic acids is 1. The van der Waals surface area contributed by atoms with Crippen LogP contribution in [0.2, 0.25) is 0 Å². The van der Waals surface area contributed by atoms with Gasteiger partial charge in [-0.25, -0.2) is 0 Å². The third-order valence-electron chi connectivity index (χ3n) is 4.41. The molecule has 0 aromatic carbocycles. The van der Waals surface area contributed by atoms with Gasteiger partial charge in [0.15, 0.2) is 0 Å². The molecule has 1 saturated carbocycles. The molecule has 0 radical (unpaired) electrons. The minimum absolute atomic E-state index is 0.426. The van der Waals surface area contributed by atoms with Gasteiger partial charge < -0.3 is 4.90 Å². The van der Waals surface area contributed by atoms with Gasteiger partial charge in [0.25, 0.3) is 0 Å². The van der Waals surface area contributed by atoms with Crippen molar-refractivity contribution in [2.75, 3.05) is 13.1 Å². The van der Waals surface area contributed by atoms with E-state index in [1.807, 2.05) is 0 Å². The normalized spacial score (nSPS) is 31.5. The predicted molar refractivity (Wildman–Crippen MR) is 70.7 cm³/mol. The molecular weight excluding hydrogens is 210 g/mol. The zero-order chi connectivity index (χ0) is 12.3. The minimum atomic E-state index is 0.426. The van der Waals surface area contributed by atoms with E-state index in [-0.39, 0.29) is 0 Å². The van der Waals surface area contributed by atoms with E-state index < -0.39 is 0 Å². The second-order valence-corrected chi connectivity index (χ2v) is 6.45. The summed E-state index contributed by atoms with van der Waals surface area (Å²) >= 11 is 0. The third kappa shape index (κ3) is 3.72. The van der Waals surface area contributed by atoms with Crippen LogP contribution in [-0.2, 0) is 4.79 Å². The van der Waals surface area contributed by atoms with Crippen molar-refractivity contribution in [1.29, 1.82) is 0 Å². The van der Waals surface area contributed by atoms with Crippen LogP contribution in [0.4, 0.5) is 0 Å². The summed E-state index contributed by atoms with van der Waals surface area (Å²) in [4.78, 5) is 14.4. The number of hydrogen-bond acceptors (Lipinski definition) is 1. The van der Waals surface area contributed by atoms with E-state index >= 15 is 0 Å². The summed E-state index contributed by atoms with van der Waals surface area (Å²) in [7, 11) is 0. The lowest BCUT2D eigenvalue weighted by atomic mass is 9.86. The SMILES string of the molecule is CC1CC(C)CN(C(=O)CC2CCCCC2)C1. The van der Waals surface area contributed by atoms with Gasteiger partial charge in [-0.3, -0.25) is 4.79 Å². The molecule has 17 heavy (non-hydrogen) atoms. The predicted octanol–water partition coefficient (Wildman–Crippen LogP) is 3.46. The molecule has 1 aliphatic carbocycles. The van der Waals surface area contributed by atoms with Gasteiger partial charge in [0.2, 0.25) is 5.91 Å². The topological polar surface area (TPSA) is 20.3 Å². The summed E-state index contributed by atoms with van der Waals surface area (Å²) in [5, 5.41) is 0. The van der Waals surface area contributed by atoms with E-state index in [0.29, 0.717) is 23.7 Å². The van der Waals surface area contributed by atoms with E-state index in [1.165, 1.54) is 38.5 Å². The lowest BCUT2D eigenvalue weighted by molar-refractivity contribution is -0.135. The molecule has 2 heteroatoms. The third-order valence-corrected chi connectivity index (χ3v) is 4.41. The number of piperidine rings is 1. The highest BCUT2D eigenvalue weighted by Gasteiger charge is 2.27. The maximum absolute atomic E-state index is 12.3. The van der Waals surface area contributed by atoms with Crippen molar-refractivity contribution in [2.45, 2.75) is 58.8 Å². The van der Waals surface area contributed by atoms with Crippen LogP contribution in [0, 0.1) is 17.8 Å². The number of carbonyl (C=O) groups is 1. The van der Waals surface area contributed by atoms with E-state index in [2.05, 4.69) is 18.7 Å². The molecule has 0 bridgehead atoms. The van der Waals surface area contributed by atoms with Gasteiger partial charge in [-0.1, -0.05) is 33.1 Å². The summed E-state index contributed by atoms with van der Waals surface area (Å²) in [5.41, 5.74) is 0. The van der Waals surface area contributed by atoms with E-state index in [9.17, 15) is 4.79 Å². The first-order chi connectivity index (χ1) is 8.15. The van der Waals surface area contributed by atoms with Crippen LogP contribution in [0.1, 0.15) is 58.8 Å². The molecule has 2 rings (SSSR count). The highest BCUT2D eigenvalue weighted by atomic mass is 16.2. The second-order valence-electron chi connectivity index (χ2n) is 6.45. The highest BCUT2D eigenvalue weighted by molar-refractivity contribution is 5.76. The van der Waals surface area contributed by atoms with E-state index in [1.54, 1.807) is 0 Å². The molecule has 98 valence electrons. The Morgan fingerprint density at radius 3 is 2.24 bits per heavy atom. The van der Waals surface area contributed by atoms with Gasteiger partial charge in [-0.2, -0.15) is 0 Å². The Kier molecular flexibility index (Phi) is 4.47. The van der Waals surface area contributed by atoms with Crippen molar-refractivity contribution in [2.24, 2.45) is 17.8 Å². The summed E-state index contributed by atoms with van der Waals surface area (Å²) in [6, 6.07) is 0. The standard InChI is InChI=1S/C15H27NO/c1-12-8-13(2)11-16(10-12)15(17)9-14-6-4-3-5-7-14/h12-14H,3-11H2,1-2H3. The largest absolute Gasteiger partial charge is 0.342 e. The maximum Gasteiger partial charge on any atom is 0.222 e. The Hall–Kier alpha value is -0.530. The van der Waals surface area contributed by atoms with Crippen LogP contribution in [0.25, 0.3) is 0 Å². The van der Waals surface area contributed by atoms with Gasteiger partial charge in [0.05, 0.1) is 0 Å². The Bertz CT molecular complexity index is 248. The fourth-order valence-corrected chi connectivity index (χ4v) is 3.63. The lowest BCUT2D eigenvalue weighted by Crippen LogP contribution is -2.43. The summed E-state index contributed by atoms with van der Waals surface area (Å²) in [6.45, 7) is 6.54. The summed E-state index contributed by atoms with van der Waals surface area (Å²) in [5.74, 6) is 2.49. The Morgan fingerprint density at radius 1 is 1.06 bits per heavy atom. The Labute approximate surface area is 106 Å². The van der Waals surface area contributed by atoms with Gasteiger partial charge in [-0.15, -0.1) is 0 Å². The first kappa shape index (κ1) is 12.9. The highest BCUT2D eigenvalue weighted by Crippen LogP contribution is 2.28. The molecule has 2 aliphatic rings. The molecule has 2 nitrogen and oxygen atoms in total. The molecule has 2 fully saturated rings. The number of amides is 1. The molecule has 0 N–H and O–H groups in total. The first-order valence-corrected chi connectivity index (χ1v) is 7.43. The van der Waals surface area contributed by atoms with Gasteiger partial charge in [-0.05, 0) is 37.0 Å². The van der Waals surface area contributed by atoms with Gasteiger partial charge in [0, 0.05) is 19.5 Å². The Balaban J connectivity index is 1.81. The zero-order valence-corrected chi connectivity index (χ0v) is 11.5. The lowest BCUT2D eigenvalue weighted by Gasteiger charge is -2.36. The fraction of sp³-hybridized carbons (Fsp3) is 0.933. The van der Waals surface area contributed by atoms with Crippen molar-refractivity contribution < 1.29 is 4.79 Å². The van der Waals surface area contributed by atoms with Crippen LogP contribution in [0.5, 0.6) is 0 Å².